The molecule has 0 aliphatic heterocycles. The van der Waals surface area contributed by atoms with E-state index < -0.39 is 11.6 Å². The Hall–Kier alpha value is -1.75. The third kappa shape index (κ3) is 2.73. The first-order valence-corrected chi connectivity index (χ1v) is 5.82. The summed E-state index contributed by atoms with van der Waals surface area (Å²) < 4.78 is 32.0. The number of nitrogens with one attached hydrogen (secondary N) is 1. The summed E-state index contributed by atoms with van der Waals surface area (Å²) >= 11 is 0. The van der Waals surface area contributed by atoms with E-state index in [0.717, 1.165) is 19.2 Å². The van der Waals surface area contributed by atoms with Gasteiger partial charge in [0.25, 0.3) is 0 Å². The van der Waals surface area contributed by atoms with Gasteiger partial charge in [-0.1, -0.05) is 13.0 Å². The lowest BCUT2D eigenvalue weighted by Crippen LogP contribution is -2.16. The van der Waals surface area contributed by atoms with E-state index >= 15 is 0 Å². The van der Waals surface area contributed by atoms with Crippen molar-refractivity contribution < 1.29 is 13.2 Å². The highest BCUT2D eigenvalue weighted by Crippen LogP contribution is 2.25. The fraction of sp³-hybridized carbons (Fsp3) is 0.308. The fourth-order valence-electron chi connectivity index (χ4n) is 1.62. The number of benzene rings is 1. The van der Waals surface area contributed by atoms with Crippen molar-refractivity contribution >= 4 is 0 Å². The summed E-state index contributed by atoms with van der Waals surface area (Å²) in [6, 6.07) is 3.98. The van der Waals surface area contributed by atoms with Crippen LogP contribution in [0.1, 0.15) is 12.8 Å². The van der Waals surface area contributed by atoms with Crippen LogP contribution >= 0.6 is 0 Å². The molecule has 0 spiro atoms. The molecular formula is C13H14F2N2O. The summed E-state index contributed by atoms with van der Waals surface area (Å²) in [6.45, 7) is 3.61. The minimum atomic E-state index is -0.910. The first-order valence-electron chi connectivity index (χ1n) is 5.82. The lowest BCUT2D eigenvalue weighted by Gasteiger charge is -2.00. The molecule has 0 aliphatic carbocycles. The normalized spacial score (nSPS) is 10.8. The zero-order chi connectivity index (χ0) is 13.0. The molecule has 1 aromatic heterocycles. The van der Waals surface area contributed by atoms with E-state index in [1.165, 1.54) is 18.3 Å². The lowest BCUT2D eigenvalue weighted by molar-refractivity contribution is 0.483. The summed E-state index contributed by atoms with van der Waals surface area (Å²) in [4.78, 5) is 4.04. The minimum Gasteiger partial charge on any atom is -0.441 e. The van der Waals surface area contributed by atoms with E-state index in [9.17, 15) is 8.78 Å². The third-order valence-electron chi connectivity index (χ3n) is 2.54. The SMILES string of the molecule is CCNCCc1ncc(-c2cccc(F)c2F)o1. The quantitative estimate of drug-likeness (QED) is 0.831. The van der Waals surface area contributed by atoms with E-state index in [0.29, 0.717) is 12.3 Å². The van der Waals surface area contributed by atoms with Crippen molar-refractivity contribution in [2.24, 2.45) is 0 Å². The molecule has 1 aromatic carbocycles. The van der Waals surface area contributed by atoms with Crippen LogP contribution in [0, 0.1) is 11.6 Å². The topological polar surface area (TPSA) is 38.1 Å². The van der Waals surface area contributed by atoms with E-state index in [1.807, 2.05) is 6.92 Å². The summed E-state index contributed by atoms with van der Waals surface area (Å²) in [5.41, 5.74) is 0.0946. The van der Waals surface area contributed by atoms with Crippen molar-refractivity contribution in [3.63, 3.8) is 0 Å². The van der Waals surface area contributed by atoms with Gasteiger partial charge < -0.3 is 9.73 Å². The molecule has 0 atom stereocenters. The van der Waals surface area contributed by atoms with Gasteiger partial charge in [-0.25, -0.2) is 13.8 Å². The first kappa shape index (κ1) is 12.7. The largest absolute Gasteiger partial charge is 0.441 e. The van der Waals surface area contributed by atoms with E-state index in [2.05, 4.69) is 10.3 Å². The van der Waals surface area contributed by atoms with Crippen molar-refractivity contribution in [2.45, 2.75) is 13.3 Å². The Morgan fingerprint density at radius 3 is 2.94 bits per heavy atom. The second-order valence-electron chi connectivity index (χ2n) is 3.82. The Morgan fingerprint density at radius 2 is 2.17 bits per heavy atom. The van der Waals surface area contributed by atoms with Crippen LogP contribution in [0.25, 0.3) is 11.3 Å². The van der Waals surface area contributed by atoms with Gasteiger partial charge in [-0.2, -0.15) is 0 Å². The molecule has 3 nitrogen and oxygen atoms in total. The Labute approximate surface area is 104 Å². The van der Waals surface area contributed by atoms with Crippen molar-refractivity contribution in [1.29, 1.82) is 0 Å². The highest BCUT2D eigenvalue weighted by molar-refractivity contribution is 5.57. The van der Waals surface area contributed by atoms with Gasteiger partial charge in [0.2, 0.25) is 0 Å². The van der Waals surface area contributed by atoms with Gasteiger partial charge in [0.15, 0.2) is 23.3 Å². The van der Waals surface area contributed by atoms with Gasteiger partial charge in [0.05, 0.1) is 11.8 Å². The molecule has 96 valence electrons. The van der Waals surface area contributed by atoms with Crippen molar-refractivity contribution in [3.05, 3.63) is 41.9 Å². The average Bonchev–Trinajstić information content (AvgIpc) is 2.82. The molecule has 5 heteroatoms. The van der Waals surface area contributed by atoms with Gasteiger partial charge in [-0.15, -0.1) is 0 Å². The molecule has 0 unspecified atom stereocenters. The monoisotopic (exact) mass is 252 g/mol. The predicted octanol–water partition coefficient (Wildman–Crippen LogP) is 2.77. The molecular weight excluding hydrogens is 238 g/mol. The van der Waals surface area contributed by atoms with Crippen LogP contribution in [-0.4, -0.2) is 18.1 Å². The third-order valence-corrected chi connectivity index (χ3v) is 2.54. The Morgan fingerprint density at radius 1 is 1.33 bits per heavy atom. The number of oxazole rings is 1. The molecule has 0 radical (unpaired) electrons. The van der Waals surface area contributed by atoms with Gasteiger partial charge in [0, 0.05) is 13.0 Å². The highest BCUT2D eigenvalue weighted by atomic mass is 19.2. The van der Waals surface area contributed by atoms with Gasteiger partial charge >= 0.3 is 0 Å². The zero-order valence-electron chi connectivity index (χ0n) is 10.0. The maximum atomic E-state index is 13.5. The molecule has 0 amide bonds. The molecule has 2 aromatic rings. The smallest absolute Gasteiger partial charge is 0.196 e. The molecule has 2 rings (SSSR count). The Kier molecular flexibility index (Phi) is 4.04. The molecule has 0 aliphatic rings. The molecule has 0 bridgehead atoms. The summed E-state index contributed by atoms with van der Waals surface area (Å²) in [5, 5.41) is 3.13. The van der Waals surface area contributed by atoms with Crippen molar-refractivity contribution in [2.75, 3.05) is 13.1 Å². The highest BCUT2D eigenvalue weighted by Gasteiger charge is 2.13. The molecule has 0 fully saturated rings. The Balaban J connectivity index is 2.16. The Bertz CT molecular complexity index is 525. The maximum absolute atomic E-state index is 13.5. The number of hydrogen-bond donors (Lipinski definition) is 1. The second kappa shape index (κ2) is 5.73. The summed E-state index contributed by atoms with van der Waals surface area (Å²) in [5.74, 6) is -1.04. The predicted molar refractivity (Wildman–Crippen MR) is 64.1 cm³/mol. The van der Waals surface area contributed by atoms with Gasteiger partial charge in [-0.05, 0) is 18.7 Å². The fourth-order valence-corrected chi connectivity index (χ4v) is 1.62. The van der Waals surface area contributed by atoms with E-state index in [4.69, 9.17) is 4.42 Å². The van der Waals surface area contributed by atoms with Crippen LogP contribution in [0.2, 0.25) is 0 Å². The van der Waals surface area contributed by atoms with E-state index in [-0.39, 0.29) is 11.3 Å². The van der Waals surface area contributed by atoms with Crippen LogP contribution in [0.5, 0.6) is 0 Å². The first-order chi connectivity index (χ1) is 8.72. The van der Waals surface area contributed by atoms with Crippen LogP contribution in [-0.2, 0) is 6.42 Å². The molecule has 1 N–H and O–H groups in total. The maximum Gasteiger partial charge on any atom is 0.196 e. The van der Waals surface area contributed by atoms with Crippen LogP contribution in [0.4, 0.5) is 8.78 Å². The average molecular weight is 252 g/mol. The number of likely N-dealkylation sites (N-methyl/N-ethyl adjacent to an activating group) is 1. The van der Waals surface area contributed by atoms with Gasteiger partial charge in [-0.3, -0.25) is 0 Å². The molecule has 0 saturated heterocycles. The second-order valence-corrected chi connectivity index (χ2v) is 3.82. The van der Waals surface area contributed by atoms with Crippen molar-refractivity contribution in [3.8, 4) is 11.3 Å². The summed E-state index contributed by atoms with van der Waals surface area (Å²) in [6.07, 6.45) is 2.03. The van der Waals surface area contributed by atoms with E-state index in [1.54, 1.807) is 0 Å². The zero-order valence-corrected chi connectivity index (χ0v) is 10.0. The molecule has 18 heavy (non-hydrogen) atoms. The number of rotatable bonds is 5. The number of halogens is 2. The standard InChI is InChI=1S/C13H14F2N2O/c1-2-16-7-6-12-17-8-11(18-12)9-4-3-5-10(14)13(9)15/h3-5,8,16H,2,6-7H2,1H3. The minimum absolute atomic E-state index is 0.0946. The lowest BCUT2D eigenvalue weighted by atomic mass is 10.2. The van der Waals surface area contributed by atoms with Gasteiger partial charge in [0.1, 0.15) is 0 Å². The van der Waals surface area contributed by atoms with Crippen LogP contribution in [0.15, 0.2) is 28.8 Å². The van der Waals surface area contributed by atoms with Crippen molar-refractivity contribution in [1.82, 2.24) is 10.3 Å². The van der Waals surface area contributed by atoms with Crippen LogP contribution in [0.3, 0.4) is 0 Å². The molecule has 0 saturated carbocycles. The number of aromatic nitrogens is 1. The number of nitrogens with zero attached hydrogens (tertiary/aromatic N) is 1. The molecule has 1 heterocycles. The number of hydrogen-bond acceptors (Lipinski definition) is 3. The van der Waals surface area contributed by atoms with Crippen LogP contribution < -0.4 is 5.32 Å². The summed E-state index contributed by atoms with van der Waals surface area (Å²) in [7, 11) is 0.